The first-order valence-electron chi connectivity index (χ1n) is 5.08. The summed E-state index contributed by atoms with van der Waals surface area (Å²) in [5.74, 6) is 0.587. The lowest BCUT2D eigenvalue weighted by atomic mass is 10.1. The standard InChI is InChI=1S/C12H15N3/c1-10-4-2-3-5-11(10)6-8-15-9-7-14-12(15)13/h2-5,7,9H,6,8H2,1H3,(H2,13,14). The van der Waals surface area contributed by atoms with E-state index in [1.807, 2.05) is 10.8 Å². The molecule has 0 bridgehead atoms. The van der Waals surface area contributed by atoms with Gasteiger partial charge in [-0.1, -0.05) is 24.3 Å². The maximum atomic E-state index is 5.69. The predicted octanol–water partition coefficient (Wildman–Crippen LogP) is 2.02. The van der Waals surface area contributed by atoms with Crippen LogP contribution in [-0.2, 0) is 13.0 Å². The fourth-order valence-electron chi connectivity index (χ4n) is 1.66. The largest absolute Gasteiger partial charge is 0.369 e. The van der Waals surface area contributed by atoms with E-state index < -0.39 is 0 Å². The van der Waals surface area contributed by atoms with Crippen LogP contribution >= 0.6 is 0 Å². The predicted molar refractivity (Wildman–Crippen MR) is 61.5 cm³/mol. The summed E-state index contributed by atoms with van der Waals surface area (Å²) in [6, 6.07) is 8.42. The van der Waals surface area contributed by atoms with E-state index in [4.69, 9.17) is 5.73 Å². The lowest BCUT2D eigenvalue weighted by Gasteiger charge is -2.07. The van der Waals surface area contributed by atoms with Crippen LogP contribution in [0.15, 0.2) is 36.7 Å². The molecule has 0 unspecified atom stereocenters. The fraction of sp³-hybridized carbons (Fsp3) is 0.250. The van der Waals surface area contributed by atoms with Crippen molar-refractivity contribution < 1.29 is 0 Å². The van der Waals surface area contributed by atoms with Crippen LogP contribution in [0, 0.1) is 6.92 Å². The molecule has 1 aromatic carbocycles. The van der Waals surface area contributed by atoms with E-state index in [0.29, 0.717) is 5.95 Å². The van der Waals surface area contributed by atoms with E-state index >= 15 is 0 Å². The molecule has 3 nitrogen and oxygen atoms in total. The molecule has 0 atom stereocenters. The molecule has 2 rings (SSSR count). The number of nitrogens with two attached hydrogens (primary N) is 1. The van der Waals surface area contributed by atoms with Crippen molar-refractivity contribution in [2.75, 3.05) is 5.73 Å². The van der Waals surface area contributed by atoms with Gasteiger partial charge in [0, 0.05) is 18.9 Å². The van der Waals surface area contributed by atoms with Crippen LogP contribution in [0.1, 0.15) is 11.1 Å². The van der Waals surface area contributed by atoms with Gasteiger partial charge < -0.3 is 10.3 Å². The first kappa shape index (κ1) is 9.77. The minimum absolute atomic E-state index is 0.587. The summed E-state index contributed by atoms with van der Waals surface area (Å²) in [6.45, 7) is 3.02. The SMILES string of the molecule is Cc1ccccc1CCn1ccnc1N. The zero-order valence-electron chi connectivity index (χ0n) is 8.85. The molecule has 0 saturated heterocycles. The summed E-state index contributed by atoms with van der Waals surface area (Å²) in [7, 11) is 0. The Morgan fingerprint density at radius 3 is 2.80 bits per heavy atom. The number of nitrogens with zero attached hydrogens (tertiary/aromatic N) is 2. The summed E-state index contributed by atoms with van der Waals surface area (Å²) in [5.41, 5.74) is 8.39. The summed E-state index contributed by atoms with van der Waals surface area (Å²) in [6.07, 6.45) is 4.63. The molecule has 2 aromatic rings. The molecular weight excluding hydrogens is 186 g/mol. The number of anilines is 1. The maximum absolute atomic E-state index is 5.69. The van der Waals surface area contributed by atoms with Gasteiger partial charge in [-0.15, -0.1) is 0 Å². The third-order valence-corrected chi connectivity index (χ3v) is 2.63. The van der Waals surface area contributed by atoms with Gasteiger partial charge in [-0.2, -0.15) is 0 Å². The van der Waals surface area contributed by atoms with Crippen LogP contribution in [0.25, 0.3) is 0 Å². The number of imidazole rings is 1. The van der Waals surface area contributed by atoms with Gasteiger partial charge in [-0.3, -0.25) is 0 Å². The Labute approximate surface area is 89.6 Å². The summed E-state index contributed by atoms with van der Waals surface area (Å²) in [5, 5.41) is 0. The van der Waals surface area contributed by atoms with Crippen LogP contribution in [0.5, 0.6) is 0 Å². The van der Waals surface area contributed by atoms with Crippen molar-refractivity contribution in [2.24, 2.45) is 0 Å². The molecule has 1 aromatic heterocycles. The Bertz CT molecular complexity index is 446. The normalized spacial score (nSPS) is 10.5. The lowest BCUT2D eigenvalue weighted by molar-refractivity contribution is 0.703. The van der Waals surface area contributed by atoms with Gasteiger partial charge in [0.15, 0.2) is 5.95 Å². The van der Waals surface area contributed by atoms with E-state index in [1.54, 1.807) is 6.20 Å². The number of aryl methyl sites for hydroxylation is 3. The Hall–Kier alpha value is -1.77. The van der Waals surface area contributed by atoms with Crippen LogP contribution in [0.3, 0.4) is 0 Å². The average Bonchev–Trinajstić information content (AvgIpc) is 2.63. The highest BCUT2D eigenvalue weighted by atomic mass is 15.1. The Morgan fingerprint density at radius 2 is 2.13 bits per heavy atom. The van der Waals surface area contributed by atoms with Crippen molar-refractivity contribution in [3.8, 4) is 0 Å². The van der Waals surface area contributed by atoms with Crippen molar-refractivity contribution in [1.82, 2.24) is 9.55 Å². The quantitative estimate of drug-likeness (QED) is 0.825. The van der Waals surface area contributed by atoms with Gasteiger partial charge >= 0.3 is 0 Å². The van der Waals surface area contributed by atoms with Gasteiger partial charge in [0.1, 0.15) is 0 Å². The van der Waals surface area contributed by atoms with Crippen LogP contribution in [0.2, 0.25) is 0 Å². The molecule has 0 amide bonds. The highest BCUT2D eigenvalue weighted by Crippen LogP contribution is 2.09. The highest BCUT2D eigenvalue weighted by Gasteiger charge is 2.00. The zero-order valence-corrected chi connectivity index (χ0v) is 8.85. The van der Waals surface area contributed by atoms with E-state index in [2.05, 4.69) is 36.2 Å². The molecule has 0 radical (unpaired) electrons. The van der Waals surface area contributed by atoms with E-state index in [-0.39, 0.29) is 0 Å². The number of aromatic nitrogens is 2. The number of hydrogen-bond donors (Lipinski definition) is 1. The molecule has 15 heavy (non-hydrogen) atoms. The van der Waals surface area contributed by atoms with E-state index in [0.717, 1.165) is 13.0 Å². The third kappa shape index (κ3) is 2.18. The maximum Gasteiger partial charge on any atom is 0.200 e. The second kappa shape index (κ2) is 4.17. The van der Waals surface area contributed by atoms with Crippen molar-refractivity contribution in [2.45, 2.75) is 19.9 Å². The second-order valence-electron chi connectivity index (χ2n) is 3.66. The molecule has 3 heteroatoms. The van der Waals surface area contributed by atoms with Gasteiger partial charge in [0.05, 0.1) is 0 Å². The van der Waals surface area contributed by atoms with Crippen molar-refractivity contribution in [3.05, 3.63) is 47.8 Å². The minimum atomic E-state index is 0.587. The molecule has 0 fully saturated rings. The van der Waals surface area contributed by atoms with Crippen LogP contribution < -0.4 is 5.73 Å². The fourth-order valence-corrected chi connectivity index (χ4v) is 1.66. The van der Waals surface area contributed by atoms with Gasteiger partial charge in [0.25, 0.3) is 0 Å². The molecular formula is C12H15N3. The van der Waals surface area contributed by atoms with Crippen LogP contribution in [-0.4, -0.2) is 9.55 Å². The number of benzene rings is 1. The highest BCUT2D eigenvalue weighted by molar-refractivity contribution is 5.26. The number of nitrogen functional groups attached to an aromatic ring is 1. The molecule has 0 aliphatic carbocycles. The molecule has 2 N–H and O–H groups in total. The minimum Gasteiger partial charge on any atom is -0.369 e. The number of rotatable bonds is 3. The van der Waals surface area contributed by atoms with Crippen LogP contribution in [0.4, 0.5) is 5.95 Å². The topological polar surface area (TPSA) is 43.8 Å². The van der Waals surface area contributed by atoms with Crippen molar-refractivity contribution in [1.29, 1.82) is 0 Å². The van der Waals surface area contributed by atoms with Gasteiger partial charge in [-0.05, 0) is 24.5 Å². The number of hydrogen-bond acceptors (Lipinski definition) is 2. The molecule has 78 valence electrons. The Balaban J connectivity index is 2.06. The summed E-state index contributed by atoms with van der Waals surface area (Å²) in [4.78, 5) is 3.99. The van der Waals surface area contributed by atoms with Crippen molar-refractivity contribution >= 4 is 5.95 Å². The molecule has 0 aliphatic heterocycles. The molecule has 0 spiro atoms. The first-order valence-corrected chi connectivity index (χ1v) is 5.08. The van der Waals surface area contributed by atoms with E-state index in [9.17, 15) is 0 Å². The van der Waals surface area contributed by atoms with E-state index in [1.165, 1.54) is 11.1 Å². The molecule has 0 aliphatic rings. The first-order chi connectivity index (χ1) is 7.27. The smallest absolute Gasteiger partial charge is 0.200 e. The Morgan fingerprint density at radius 1 is 1.33 bits per heavy atom. The van der Waals surface area contributed by atoms with Crippen molar-refractivity contribution in [3.63, 3.8) is 0 Å². The summed E-state index contributed by atoms with van der Waals surface area (Å²) >= 11 is 0. The van der Waals surface area contributed by atoms with Gasteiger partial charge in [0.2, 0.25) is 0 Å². The summed E-state index contributed by atoms with van der Waals surface area (Å²) < 4.78 is 1.96. The Kier molecular flexibility index (Phi) is 2.72. The lowest BCUT2D eigenvalue weighted by Crippen LogP contribution is -2.05. The third-order valence-electron chi connectivity index (χ3n) is 2.63. The molecule has 0 saturated carbocycles. The average molecular weight is 201 g/mol. The molecule has 1 heterocycles. The van der Waals surface area contributed by atoms with Gasteiger partial charge in [-0.25, -0.2) is 4.98 Å². The second-order valence-corrected chi connectivity index (χ2v) is 3.66. The monoisotopic (exact) mass is 201 g/mol. The zero-order chi connectivity index (χ0) is 10.7.